The Morgan fingerprint density at radius 2 is 2.15 bits per heavy atom. The number of ether oxygens (including phenoxy) is 1. The van der Waals surface area contributed by atoms with E-state index in [1.165, 1.54) is 11.3 Å². The standard InChI is InChI=1S/C15H17NO3S/c1-3-11(10-6-4-5-7-12(10)17)16-15(18)14-13(19-2)8-9-20-14/h4-9,11,17H,3H2,1-2H3,(H,16,18)/t11-/m0/s1. The fourth-order valence-electron chi connectivity index (χ4n) is 2.03. The van der Waals surface area contributed by atoms with E-state index in [4.69, 9.17) is 4.74 Å². The van der Waals surface area contributed by atoms with Crippen molar-refractivity contribution in [1.82, 2.24) is 5.32 Å². The van der Waals surface area contributed by atoms with Gasteiger partial charge in [-0.05, 0) is 23.9 Å². The zero-order valence-electron chi connectivity index (χ0n) is 11.4. The number of hydrogen-bond acceptors (Lipinski definition) is 4. The second kappa shape index (κ2) is 6.43. The Labute approximate surface area is 122 Å². The lowest BCUT2D eigenvalue weighted by atomic mass is 10.0. The van der Waals surface area contributed by atoms with Crippen molar-refractivity contribution in [3.63, 3.8) is 0 Å². The minimum Gasteiger partial charge on any atom is -0.508 e. The Morgan fingerprint density at radius 3 is 2.80 bits per heavy atom. The number of hydrogen-bond donors (Lipinski definition) is 2. The van der Waals surface area contributed by atoms with Crippen molar-refractivity contribution in [1.29, 1.82) is 0 Å². The van der Waals surface area contributed by atoms with Gasteiger partial charge >= 0.3 is 0 Å². The van der Waals surface area contributed by atoms with Crippen LogP contribution in [0.25, 0.3) is 0 Å². The summed E-state index contributed by atoms with van der Waals surface area (Å²) in [7, 11) is 1.54. The van der Waals surface area contributed by atoms with Gasteiger partial charge in [-0.1, -0.05) is 25.1 Å². The molecule has 0 bridgehead atoms. The number of benzene rings is 1. The maximum atomic E-state index is 12.3. The molecule has 0 saturated heterocycles. The number of para-hydroxylation sites is 1. The number of phenolic OH excluding ortho intramolecular Hbond substituents is 1. The Balaban J connectivity index is 2.19. The molecule has 0 fully saturated rings. The van der Waals surface area contributed by atoms with Crippen LogP contribution in [0.2, 0.25) is 0 Å². The van der Waals surface area contributed by atoms with Gasteiger partial charge in [0, 0.05) is 5.56 Å². The first-order valence-electron chi connectivity index (χ1n) is 6.37. The SMILES string of the molecule is CC[C@H](NC(=O)c1sccc1OC)c1ccccc1O. The molecule has 2 rings (SSSR count). The topological polar surface area (TPSA) is 58.6 Å². The lowest BCUT2D eigenvalue weighted by Gasteiger charge is -2.18. The summed E-state index contributed by atoms with van der Waals surface area (Å²) < 4.78 is 5.15. The molecule has 0 aliphatic heterocycles. The molecule has 0 radical (unpaired) electrons. The number of rotatable bonds is 5. The van der Waals surface area contributed by atoms with E-state index in [1.807, 2.05) is 24.4 Å². The van der Waals surface area contributed by atoms with E-state index < -0.39 is 0 Å². The quantitative estimate of drug-likeness (QED) is 0.888. The van der Waals surface area contributed by atoms with Crippen LogP contribution in [0.4, 0.5) is 0 Å². The number of phenols is 1. The normalized spacial score (nSPS) is 11.9. The highest BCUT2D eigenvalue weighted by Crippen LogP contribution is 2.28. The van der Waals surface area contributed by atoms with Gasteiger partial charge in [-0.15, -0.1) is 11.3 Å². The predicted molar refractivity (Wildman–Crippen MR) is 79.5 cm³/mol. The molecule has 20 heavy (non-hydrogen) atoms. The molecule has 2 aromatic rings. The summed E-state index contributed by atoms with van der Waals surface area (Å²) in [6, 6.07) is 8.58. The molecular weight excluding hydrogens is 274 g/mol. The Hall–Kier alpha value is -2.01. The van der Waals surface area contributed by atoms with Gasteiger partial charge in [-0.3, -0.25) is 4.79 Å². The van der Waals surface area contributed by atoms with Gasteiger partial charge in [0.25, 0.3) is 5.91 Å². The van der Waals surface area contributed by atoms with Crippen LogP contribution in [-0.4, -0.2) is 18.1 Å². The highest BCUT2D eigenvalue weighted by atomic mass is 32.1. The number of amides is 1. The van der Waals surface area contributed by atoms with Gasteiger partial charge in [0.15, 0.2) is 0 Å². The van der Waals surface area contributed by atoms with Crippen LogP contribution in [0, 0.1) is 0 Å². The fourth-order valence-corrected chi connectivity index (χ4v) is 2.79. The van der Waals surface area contributed by atoms with Crippen LogP contribution in [0.1, 0.15) is 34.6 Å². The molecule has 1 aromatic carbocycles. The maximum absolute atomic E-state index is 12.3. The lowest BCUT2D eigenvalue weighted by Crippen LogP contribution is -2.27. The third-order valence-corrected chi connectivity index (χ3v) is 3.98. The summed E-state index contributed by atoms with van der Waals surface area (Å²) in [6.45, 7) is 1.96. The second-order valence-corrected chi connectivity index (χ2v) is 5.23. The van der Waals surface area contributed by atoms with E-state index >= 15 is 0 Å². The van der Waals surface area contributed by atoms with E-state index in [9.17, 15) is 9.90 Å². The molecule has 0 saturated carbocycles. The molecule has 0 unspecified atom stereocenters. The first-order chi connectivity index (χ1) is 9.67. The van der Waals surface area contributed by atoms with Crippen molar-refractivity contribution in [2.24, 2.45) is 0 Å². The summed E-state index contributed by atoms with van der Waals surface area (Å²) in [5, 5.41) is 14.6. The van der Waals surface area contributed by atoms with Crippen LogP contribution in [0.5, 0.6) is 11.5 Å². The van der Waals surface area contributed by atoms with E-state index in [1.54, 1.807) is 25.3 Å². The lowest BCUT2D eigenvalue weighted by molar-refractivity contribution is 0.0936. The van der Waals surface area contributed by atoms with Crippen molar-refractivity contribution >= 4 is 17.2 Å². The van der Waals surface area contributed by atoms with Crippen molar-refractivity contribution < 1.29 is 14.6 Å². The van der Waals surface area contributed by atoms with Crippen LogP contribution in [0.3, 0.4) is 0 Å². The van der Waals surface area contributed by atoms with Crippen molar-refractivity contribution in [2.45, 2.75) is 19.4 Å². The summed E-state index contributed by atoms with van der Waals surface area (Å²) >= 11 is 1.33. The maximum Gasteiger partial charge on any atom is 0.265 e. The van der Waals surface area contributed by atoms with Gasteiger partial charge in [0.05, 0.1) is 13.2 Å². The first-order valence-corrected chi connectivity index (χ1v) is 7.25. The fraction of sp³-hybridized carbons (Fsp3) is 0.267. The van der Waals surface area contributed by atoms with Crippen LogP contribution in [-0.2, 0) is 0 Å². The number of thiophene rings is 1. The Bertz CT molecular complexity index is 594. The number of aromatic hydroxyl groups is 1. The Morgan fingerprint density at radius 1 is 1.40 bits per heavy atom. The van der Waals surface area contributed by atoms with Gasteiger partial charge in [-0.25, -0.2) is 0 Å². The smallest absolute Gasteiger partial charge is 0.265 e. The third-order valence-electron chi connectivity index (χ3n) is 3.08. The third kappa shape index (κ3) is 2.93. The summed E-state index contributed by atoms with van der Waals surface area (Å²) in [4.78, 5) is 12.8. The van der Waals surface area contributed by atoms with E-state index in [2.05, 4.69) is 5.32 Å². The molecule has 5 heteroatoms. The molecule has 1 atom stereocenters. The first kappa shape index (κ1) is 14.4. The van der Waals surface area contributed by atoms with E-state index in [-0.39, 0.29) is 17.7 Å². The average Bonchev–Trinajstić information content (AvgIpc) is 2.94. The molecule has 106 valence electrons. The molecule has 4 nitrogen and oxygen atoms in total. The number of carbonyl (C=O) groups excluding carboxylic acids is 1. The molecular formula is C15H17NO3S. The molecule has 0 aliphatic rings. The van der Waals surface area contributed by atoms with Gasteiger partial charge in [0.2, 0.25) is 0 Å². The van der Waals surface area contributed by atoms with Crippen LogP contribution < -0.4 is 10.1 Å². The second-order valence-electron chi connectivity index (χ2n) is 4.31. The predicted octanol–water partition coefficient (Wildman–Crippen LogP) is 3.34. The monoisotopic (exact) mass is 291 g/mol. The minimum atomic E-state index is -0.226. The highest BCUT2D eigenvalue weighted by Gasteiger charge is 2.20. The van der Waals surface area contributed by atoms with E-state index in [0.29, 0.717) is 17.0 Å². The summed E-state index contributed by atoms with van der Waals surface area (Å²) in [6.07, 6.45) is 0.691. The molecule has 1 aromatic heterocycles. The van der Waals surface area contributed by atoms with Gasteiger partial charge in [0.1, 0.15) is 16.4 Å². The summed E-state index contributed by atoms with van der Waals surface area (Å²) in [5.41, 5.74) is 0.721. The van der Waals surface area contributed by atoms with Crippen molar-refractivity contribution in [3.8, 4) is 11.5 Å². The molecule has 0 spiro atoms. The minimum absolute atomic E-state index is 0.188. The summed E-state index contributed by atoms with van der Waals surface area (Å²) in [5.74, 6) is 0.574. The number of nitrogens with one attached hydrogen (secondary N) is 1. The Kier molecular flexibility index (Phi) is 4.63. The molecule has 1 heterocycles. The van der Waals surface area contributed by atoms with E-state index in [0.717, 1.165) is 5.56 Å². The highest BCUT2D eigenvalue weighted by molar-refractivity contribution is 7.12. The number of carbonyl (C=O) groups is 1. The zero-order chi connectivity index (χ0) is 14.5. The molecule has 1 amide bonds. The van der Waals surface area contributed by atoms with Gasteiger partial charge in [-0.2, -0.15) is 0 Å². The van der Waals surface area contributed by atoms with Crippen LogP contribution >= 0.6 is 11.3 Å². The zero-order valence-corrected chi connectivity index (χ0v) is 12.2. The molecule has 2 N–H and O–H groups in total. The largest absolute Gasteiger partial charge is 0.508 e. The molecule has 0 aliphatic carbocycles. The van der Waals surface area contributed by atoms with Crippen molar-refractivity contribution in [3.05, 3.63) is 46.2 Å². The van der Waals surface area contributed by atoms with Crippen molar-refractivity contribution in [2.75, 3.05) is 7.11 Å². The average molecular weight is 291 g/mol. The van der Waals surface area contributed by atoms with Gasteiger partial charge < -0.3 is 15.2 Å². The van der Waals surface area contributed by atoms with Crippen LogP contribution in [0.15, 0.2) is 35.7 Å². The number of methoxy groups -OCH3 is 1.